The van der Waals surface area contributed by atoms with Gasteiger partial charge in [0.25, 0.3) is 5.91 Å². The number of anilines is 1. The number of amides is 1. The van der Waals surface area contributed by atoms with Crippen LogP contribution >= 0.6 is 11.6 Å². The quantitative estimate of drug-likeness (QED) is 0.641. The lowest BCUT2D eigenvalue weighted by Crippen LogP contribution is -2.51. The Bertz CT molecular complexity index is 1100. The first kappa shape index (κ1) is 19.1. The van der Waals surface area contributed by atoms with Gasteiger partial charge in [0.15, 0.2) is 0 Å². The van der Waals surface area contributed by atoms with E-state index in [-0.39, 0.29) is 11.4 Å². The molecule has 5 nitrogen and oxygen atoms in total. The highest BCUT2D eigenvalue weighted by molar-refractivity contribution is 6.30. The zero-order valence-corrected chi connectivity index (χ0v) is 17.7. The molecule has 0 saturated carbocycles. The predicted molar refractivity (Wildman–Crippen MR) is 119 cm³/mol. The van der Waals surface area contributed by atoms with E-state index >= 15 is 0 Å². The van der Waals surface area contributed by atoms with Crippen molar-refractivity contribution in [3.8, 4) is 11.4 Å². The van der Waals surface area contributed by atoms with Gasteiger partial charge in [-0.15, -0.1) is 0 Å². The van der Waals surface area contributed by atoms with E-state index in [0.29, 0.717) is 31.0 Å². The van der Waals surface area contributed by atoms with Crippen LogP contribution in [0.3, 0.4) is 0 Å². The van der Waals surface area contributed by atoms with Crippen LogP contribution < -0.4 is 10.1 Å². The summed E-state index contributed by atoms with van der Waals surface area (Å²) in [6, 6.07) is 17.7. The number of benzene rings is 2. The number of aromatic nitrogens is 1. The molecule has 0 atom stereocenters. The van der Waals surface area contributed by atoms with Gasteiger partial charge in [-0.3, -0.25) is 4.79 Å². The molecule has 1 spiro atoms. The summed E-state index contributed by atoms with van der Waals surface area (Å²) in [7, 11) is 0. The minimum Gasteiger partial charge on any atom is -0.493 e. The van der Waals surface area contributed by atoms with Crippen molar-refractivity contribution in [1.82, 2.24) is 9.47 Å². The van der Waals surface area contributed by atoms with Crippen molar-refractivity contribution >= 4 is 23.2 Å². The van der Waals surface area contributed by atoms with Gasteiger partial charge >= 0.3 is 0 Å². The number of nitrogens with zero attached hydrogens (tertiary/aromatic N) is 2. The van der Waals surface area contributed by atoms with Gasteiger partial charge in [-0.2, -0.15) is 0 Å². The largest absolute Gasteiger partial charge is 0.493 e. The van der Waals surface area contributed by atoms with Gasteiger partial charge in [-0.25, -0.2) is 0 Å². The van der Waals surface area contributed by atoms with Crippen molar-refractivity contribution < 1.29 is 9.53 Å². The molecule has 0 radical (unpaired) electrons. The molecule has 0 bridgehead atoms. The third kappa shape index (κ3) is 3.05. The molecule has 2 aromatic carbocycles. The van der Waals surface area contributed by atoms with Crippen LogP contribution in [0.15, 0.2) is 60.8 Å². The molecule has 0 aliphatic carbocycles. The summed E-state index contributed by atoms with van der Waals surface area (Å²) < 4.78 is 7.89. The summed E-state index contributed by atoms with van der Waals surface area (Å²) in [5, 5.41) is 4.49. The Morgan fingerprint density at radius 1 is 1.13 bits per heavy atom. The van der Waals surface area contributed by atoms with Gasteiger partial charge in [0.1, 0.15) is 5.75 Å². The Morgan fingerprint density at radius 3 is 2.73 bits per heavy atom. The maximum atomic E-state index is 13.2. The predicted octanol–water partition coefficient (Wildman–Crippen LogP) is 5.09. The van der Waals surface area contributed by atoms with E-state index < -0.39 is 0 Å². The molecule has 1 N–H and O–H groups in total. The number of ether oxygens (including phenoxy) is 1. The molecule has 3 aromatic rings. The SMILES string of the molecule is CCOc1ccccc1C(=O)N1CCC2(CC1)Nc1ccc(Cl)cc1-n1cccc12. The molecule has 1 saturated heterocycles. The van der Waals surface area contributed by atoms with Crippen molar-refractivity contribution in [2.45, 2.75) is 25.3 Å². The monoisotopic (exact) mass is 421 g/mol. The fourth-order valence-electron chi connectivity index (χ4n) is 4.68. The van der Waals surface area contributed by atoms with Crippen LogP contribution in [0.5, 0.6) is 5.75 Å². The highest BCUT2D eigenvalue weighted by atomic mass is 35.5. The average Bonchev–Trinajstić information content (AvgIpc) is 3.27. The topological polar surface area (TPSA) is 46.5 Å². The first-order valence-electron chi connectivity index (χ1n) is 10.4. The van der Waals surface area contributed by atoms with E-state index in [9.17, 15) is 4.79 Å². The second-order valence-corrected chi connectivity index (χ2v) is 8.29. The maximum absolute atomic E-state index is 13.2. The van der Waals surface area contributed by atoms with Gasteiger partial charge in [0.2, 0.25) is 0 Å². The minimum absolute atomic E-state index is 0.0345. The molecule has 2 aliphatic heterocycles. The molecular weight excluding hydrogens is 398 g/mol. The summed E-state index contributed by atoms with van der Waals surface area (Å²) in [6.45, 7) is 3.83. The molecule has 1 fully saturated rings. The molecule has 0 unspecified atom stereocenters. The fourth-order valence-corrected chi connectivity index (χ4v) is 4.85. The van der Waals surface area contributed by atoms with Gasteiger partial charge in [-0.1, -0.05) is 23.7 Å². The maximum Gasteiger partial charge on any atom is 0.257 e. The summed E-state index contributed by atoms with van der Waals surface area (Å²) >= 11 is 6.24. The van der Waals surface area contributed by atoms with E-state index in [0.717, 1.165) is 29.2 Å². The van der Waals surface area contributed by atoms with Gasteiger partial charge < -0.3 is 19.5 Å². The van der Waals surface area contributed by atoms with Crippen LogP contribution in [0.1, 0.15) is 35.8 Å². The van der Waals surface area contributed by atoms with E-state index in [4.69, 9.17) is 16.3 Å². The number of rotatable bonds is 3. The average molecular weight is 422 g/mol. The molecule has 1 aromatic heterocycles. The standard InChI is InChI=1S/C24H24ClN3O2/c1-2-30-21-7-4-3-6-18(21)23(29)27-14-11-24(12-15-27)22-8-5-13-28(22)20-16-17(25)9-10-19(20)26-24/h3-10,13,16,26H,2,11-12,14-15H2,1H3. The van der Waals surface area contributed by atoms with E-state index in [1.165, 1.54) is 5.69 Å². The van der Waals surface area contributed by atoms with Crippen LogP contribution in [-0.2, 0) is 5.54 Å². The van der Waals surface area contributed by atoms with Crippen molar-refractivity contribution in [3.05, 3.63) is 77.1 Å². The first-order valence-corrected chi connectivity index (χ1v) is 10.8. The number of piperidine rings is 1. The van der Waals surface area contributed by atoms with Crippen LogP contribution in [0, 0.1) is 0 Å². The fraction of sp³-hybridized carbons (Fsp3) is 0.292. The Labute approximate surface area is 181 Å². The molecule has 154 valence electrons. The van der Waals surface area contributed by atoms with Gasteiger partial charge in [-0.05, 0) is 62.2 Å². The summed E-state index contributed by atoms with van der Waals surface area (Å²) in [6.07, 6.45) is 3.76. The number of hydrogen-bond donors (Lipinski definition) is 1. The summed E-state index contributed by atoms with van der Waals surface area (Å²) in [5.41, 5.74) is 3.80. The Morgan fingerprint density at radius 2 is 1.93 bits per heavy atom. The molecule has 2 aliphatic rings. The lowest BCUT2D eigenvalue weighted by Gasteiger charge is -2.46. The first-order chi connectivity index (χ1) is 14.6. The second-order valence-electron chi connectivity index (χ2n) is 7.85. The van der Waals surface area contributed by atoms with Gasteiger partial charge in [0.05, 0.1) is 29.1 Å². The van der Waals surface area contributed by atoms with E-state index in [2.05, 4.69) is 28.2 Å². The number of carbonyl (C=O) groups excluding carboxylic acids is 1. The number of fused-ring (bicyclic) bond motifs is 4. The molecule has 6 heteroatoms. The number of carbonyl (C=O) groups is 1. The lowest BCUT2D eigenvalue weighted by molar-refractivity contribution is 0.0672. The summed E-state index contributed by atoms with van der Waals surface area (Å²) in [4.78, 5) is 15.1. The minimum atomic E-state index is -0.194. The molecular formula is C24H24ClN3O2. The van der Waals surface area contributed by atoms with E-state index in [1.807, 2.05) is 54.3 Å². The highest BCUT2D eigenvalue weighted by Crippen LogP contribution is 2.44. The number of halogens is 1. The Kier molecular flexibility index (Phi) is 4.70. The number of hydrogen-bond acceptors (Lipinski definition) is 3. The van der Waals surface area contributed by atoms with Crippen molar-refractivity contribution in [3.63, 3.8) is 0 Å². The third-order valence-corrected chi connectivity index (χ3v) is 6.39. The van der Waals surface area contributed by atoms with Gasteiger partial charge in [0, 0.05) is 30.0 Å². The van der Waals surface area contributed by atoms with Crippen molar-refractivity contribution in [1.29, 1.82) is 0 Å². The van der Waals surface area contributed by atoms with Crippen LogP contribution in [0.4, 0.5) is 5.69 Å². The zero-order valence-electron chi connectivity index (χ0n) is 16.9. The second kappa shape index (κ2) is 7.40. The van der Waals surface area contributed by atoms with E-state index in [1.54, 1.807) is 0 Å². The van der Waals surface area contributed by atoms with Crippen LogP contribution in [0.2, 0.25) is 5.02 Å². The van der Waals surface area contributed by atoms with Crippen molar-refractivity contribution in [2.24, 2.45) is 0 Å². The van der Waals surface area contributed by atoms with Crippen LogP contribution in [-0.4, -0.2) is 35.1 Å². The number of likely N-dealkylation sites (tertiary alicyclic amines) is 1. The Hall–Kier alpha value is -2.92. The molecule has 30 heavy (non-hydrogen) atoms. The summed E-state index contributed by atoms with van der Waals surface area (Å²) in [5.74, 6) is 0.688. The number of nitrogens with one attached hydrogen (secondary N) is 1. The Balaban J connectivity index is 1.40. The molecule has 5 rings (SSSR count). The normalized spacial score (nSPS) is 16.5. The molecule has 3 heterocycles. The van der Waals surface area contributed by atoms with Crippen molar-refractivity contribution in [2.75, 3.05) is 25.0 Å². The zero-order chi connectivity index (χ0) is 20.7. The lowest BCUT2D eigenvalue weighted by atomic mass is 9.82. The highest BCUT2D eigenvalue weighted by Gasteiger charge is 2.42. The molecule has 1 amide bonds. The smallest absolute Gasteiger partial charge is 0.257 e. The third-order valence-electron chi connectivity index (χ3n) is 6.15. The number of para-hydroxylation sites is 1. The van der Waals surface area contributed by atoms with Crippen LogP contribution in [0.25, 0.3) is 5.69 Å².